The van der Waals surface area contributed by atoms with Gasteiger partial charge in [0, 0.05) is 6.07 Å². The highest BCUT2D eigenvalue weighted by Crippen LogP contribution is 2.33. The van der Waals surface area contributed by atoms with Crippen LogP contribution in [0.2, 0.25) is 0 Å². The lowest BCUT2D eigenvalue weighted by Gasteiger charge is -2.18. The molecule has 0 aliphatic rings. The highest BCUT2D eigenvalue weighted by Gasteiger charge is 2.25. The van der Waals surface area contributed by atoms with Crippen molar-refractivity contribution >= 4 is 38.5 Å². The van der Waals surface area contributed by atoms with E-state index in [1.165, 1.54) is 11.3 Å². The summed E-state index contributed by atoms with van der Waals surface area (Å²) in [6.07, 6.45) is 0.618. The van der Waals surface area contributed by atoms with Gasteiger partial charge in [0.2, 0.25) is 5.43 Å². The monoisotopic (exact) mass is 421 g/mol. The van der Waals surface area contributed by atoms with Crippen LogP contribution in [0.25, 0.3) is 31.8 Å². The summed E-state index contributed by atoms with van der Waals surface area (Å²) in [5, 5.41) is 1.10. The summed E-state index contributed by atoms with van der Waals surface area (Å²) in [5.74, 6) is 0.589. The van der Waals surface area contributed by atoms with Crippen molar-refractivity contribution < 1.29 is 13.9 Å². The number of para-hydroxylation sites is 1. The van der Waals surface area contributed by atoms with Crippen LogP contribution in [0.4, 0.5) is 0 Å². The van der Waals surface area contributed by atoms with Crippen molar-refractivity contribution in [3.63, 3.8) is 0 Å². The van der Waals surface area contributed by atoms with E-state index in [0.29, 0.717) is 39.5 Å². The average Bonchev–Trinajstić information content (AvgIpc) is 3.10. The number of ether oxygens (including phenoxy) is 1. The van der Waals surface area contributed by atoms with Crippen molar-refractivity contribution in [3.05, 3.63) is 57.9 Å². The number of benzene rings is 2. The number of carbonyl (C=O) groups excluding carboxylic acids is 1. The Bertz CT molecular complexity index is 1310. The standard InChI is InChI=1S/C24H23NO4S/c1-6-14-11-15-18(12-17(14)29-23(27)24(3,4)5)28-13(2)20(21(15)26)22-25-16-9-7-8-10-19(16)30-22/h7-12H,6H2,1-5H3. The maximum Gasteiger partial charge on any atom is 0.316 e. The summed E-state index contributed by atoms with van der Waals surface area (Å²) in [6.45, 7) is 9.13. The Hall–Kier alpha value is -2.99. The normalized spacial score (nSPS) is 11.9. The van der Waals surface area contributed by atoms with Crippen molar-refractivity contribution in [2.24, 2.45) is 5.41 Å². The topological polar surface area (TPSA) is 69.4 Å². The number of nitrogens with zero attached hydrogens (tertiary/aromatic N) is 1. The Morgan fingerprint density at radius 2 is 1.93 bits per heavy atom. The van der Waals surface area contributed by atoms with E-state index in [0.717, 1.165) is 15.8 Å². The van der Waals surface area contributed by atoms with Crippen molar-refractivity contribution in [2.75, 3.05) is 0 Å². The first kappa shape index (κ1) is 20.3. The lowest BCUT2D eigenvalue weighted by Crippen LogP contribution is -2.26. The lowest BCUT2D eigenvalue weighted by atomic mass is 9.97. The Balaban J connectivity index is 1.89. The second-order valence-corrected chi connectivity index (χ2v) is 9.33. The van der Waals surface area contributed by atoms with Gasteiger partial charge in [0.1, 0.15) is 22.1 Å². The first-order valence-corrected chi connectivity index (χ1v) is 10.7. The summed E-state index contributed by atoms with van der Waals surface area (Å²) in [5.41, 5.74) is 1.76. The van der Waals surface area contributed by atoms with Crippen molar-refractivity contribution in [2.45, 2.75) is 41.0 Å². The molecule has 30 heavy (non-hydrogen) atoms. The summed E-state index contributed by atoms with van der Waals surface area (Å²) in [6, 6.07) is 11.2. The average molecular weight is 422 g/mol. The number of rotatable bonds is 3. The fraction of sp³-hybridized carbons (Fsp3) is 0.292. The van der Waals surface area contributed by atoms with Crippen LogP contribution < -0.4 is 10.2 Å². The molecule has 0 aliphatic heterocycles. The van der Waals surface area contributed by atoms with E-state index in [1.807, 2.05) is 31.2 Å². The molecule has 6 heteroatoms. The highest BCUT2D eigenvalue weighted by molar-refractivity contribution is 7.21. The fourth-order valence-corrected chi connectivity index (χ4v) is 4.29. The van der Waals surface area contributed by atoms with E-state index in [4.69, 9.17) is 9.15 Å². The SMILES string of the molecule is CCc1cc2c(=O)c(-c3nc4ccccc4s3)c(C)oc2cc1OC(=O)C(C)(C)C. The molecule has 0 fully saturated rings. The Labute approximate surface area is 178 Å². The van der Waals surface area contributed by atoms with Gasteiger partial charge in [0.15, 0.2) is 0 Å². The van der Waals surface area contributed by atoms with E-state index < -0.39 is 5.41 Å². The quantitative estimate of drug-likeness (QED) is 0.305. The molecule has 154 valence electrons. The Morgan fingerprint density at radius 1 is 1.20 bits per heavy atom. The Morgan fingerprint density at radius 3 is 2.60 bits per heavy atom. The predicted molar refractivity (Wildman–Crippen MR) is 120 cm³/mol. The smallest absolute Gasteiger partial charge is 0.316 e. The molecule has 0 spiro atoms. The first-order valence-electron chi connectivity index (χ1n) is 9.87. The highest BCUT2D eigenvalue weighted by atomic mass is 32.1. The van der Waals surface area contributed by atoms with Crippen LogP contribution in [0.5, 0.6) is 5.75 Å². The maximum absolute atomic E-state index is 13.4. The third kappa shape index (κ3) is 3.52. The third-order valence-corrected chi connectivity index (χ3v) is 6.01. The molecule has 0 atom stereocenters. The van der Waals surface area contributed by atoms with Gasteiger partial charge in [-0.25, -0.2) is 4.98 Å². The molecular weight excluding hydrogens is 398 g/mol. The van der Waals surface area contributed by atoms with Crippen LogP contribution in [-0.4, -0.2) is 11.0 Å². The van der Waals surface area contributed by atoms with Crippen molar-refractivity contribution in [1.82, 2.24) is 4.98 Å². The molecule has 0 bridgehead atoms. The number of hydrogen-bond donors (Lipinski definition) is 0. The molecule has 0 unspecified atom stereocenters. The summed E-state index contributed by atoms with van der Waals surface area (Å²) in [7, 11) is 0. The molecule has 2 aromatic carbocycles. The second-order valence-electron chi connectivity index (χ2n) is 8.30. The molecule has 2 heterocycles. The second kappa shape index (κ2) is 7.36. The molecule has 0 amide bonds. The molecule has 0 N–H and O–H groups in total. The van der Waals surface area contributed by atoms with Crippen molar-refractivity contribution in [3.8, 4) is 16.3 Å². The van der Waals surface area contributed by atoms with Gasteiger partial charge in [-0.3, -0.25) is 9.59 Å². The van der Waals surface area contributed by atoms with Gasteiger partial charge in [0.25, 0.3) is 0 Å². The van der Waals surface area contributed by atoms with Crippen LogP contribution in [0.15, 0.2) is 45.6 Å². The zero-order valence-corrected chi connectivity index (χ0v) is 18.5. The van der Waals surface area contributed by atoms with Gasteiger partial charge in [-0.1, -0.05) is 19.1 Å². The zero-order valence-electron chi connectivity index (χ0n) is 17.7. The van der Waals surface area contributed by atoms with Crippen LogP contribution in [0.3, 0.4) is 0 Å². The number of hydrogen-bond acceptors (Lipinski definition) is 6. The number of esters is 1. The van der Waals surface area contributed by atoms with Gasteiger partial charge in [-0.05, 0) is 57.9 Å². The van der Waals surface area contributed by atoms with Crippen LogP contribution in [-0.2, 0) is 11.2 Å². The minimum absolute atomic E-state index is 0.129. The fourth-order valence-electron chi connectivity index (χ4n) is 3.23. The van der Waals surface area contributed by atoms with Gasteiger partial charge in [-0.2, -0.15) is 0 Å². The van der Waals surface area contributed by atoms with Crippen LogP contribution >= 0.6 is 11.3 Å². The summed E-state index contributed by atoms with van der Waals surface area (Å²) in [4.78, 5) is 30.4. The number of carbonyl (C=O) groups is 1. The molecule has 2 aromatic heterocycles. The predicted octanol–water partition coefficient (Wildman–Crippen LogP) is 5.89. The van der Waals surface area contributed by atoms with E-state index in [-0.39, 0.29) is 11.4 Å². The Kier molecular flexibility index (Phi) is 4.98. The largest absolute Gasteiger partial charge is 0.460 e. The third-order valence-electron chi connectivity index (χ3n) is 4.95. The molecular formula is C24H23NO4S. The number of thiazole rings is 1. The van der Waals surface area contributed by atoms with E-state index in [1.54, 1.807) is 39.8 Å². The van der Waals surface area contributed by atoms with E-state index in [2.05, 4.69) is 4.98 Å². The van der Waals surface area contributed by atoms with Crippen molar-refractivity contribution in [1.29, 1.82) is 0 Å². The van der Waals surface area contributed by atoms with Gasteiger partial charge in [0.05, 0.1) is 26.6 Å². The molecule has 0 radical (unpaired) electrons. The van der Waals surface area contributed by atoms with Crippen LogP contribution in [0, 0.1) is 12.3 Å². The molecule has 5 nitrogen and oxygen atoms in total. The molecule has 0 saturated heterocycles. The number of aryl methyl sites for hydroxylation is 2. The zero-order chi connectivity index (χ0) is 21.6. The molecule has 0 saturated carbocycles. The van der Waals surface area contributed by atoms with Gasteiger partial charge < -0.3 is 9.15 Å². The van der Waals surface area contributed by atoms with E-state index in [9.17, 15) is 9.59 Å². The van der Waals surface area contributed by atoms with E-state index >= 15 is 0 Å². The number of fused-ring (bicyclic) bond motifs is 2. The van der Waals surface area contributed by atoms with Gasteiger partial charge in [-0.15, -0.1) is 11.3 Å². The van der Waals surface area contributed by atoms with Crippen LogP contribution in [0.1, 0.15) is 39.0 Å². The minimum atomic E-state index is -0.632. The summed E-state index contributed by atoms with van der Waals surface area (Å²) >= 11 is 1.47. The van der Waals surface area contributed by atoms with Gasteiger partial charge >= 0.3 is 5.97 Å². The summed E-state index contributed by atoms with van der Waals surface area (Å²) < 4.78 is 12.7. The number of aromatic nitrogens is 1. The lowest BCUT2D eigenvalue weighted by molar-refractivity contribution is -0.143. The molecule has 4 rings (SSSR count). The minimum Gasteiger partial charge on any atom is -0.460 e. The maximum atomic E-state index is 13.4. The first-order chi connectivity index (χ1) is 14.2. The molecule has 4 aromatic rings. The molecule has 0 aliphatic carbocycles.